The fourth-order valence-corrected chi connectivity index (χ4v) is 2.43. The number of methoxy groups -OCH3 is 1. The highest BCUT2D eigenvalue weighted by atomic mass is 16.5. The Morgan fingerprint density at radius 3 is 2.63 bits per heavy atom. The van der Waals surface area contributed by atoms with E-state index in [4.69, 9.17) is 4.74 Å². The van der Waals surface area contributed by atoms with Crippen molar-refractivity contribution in [1.82, 2.24) is 9.78 Å². The first-order valence-electron chi connectivity index (χ1n) is 6.87. The summed E-state index contributed by atoms with van der Waals surface area (Å²) in [5.41, 5.74) is 4.72. The van der Waals surface area contributed by atoms with Crippen LogP contribution in [0.3, 0.4) is 0 Å². The first-order valence-corrected chi connectivity index (χ1v) is 6.87. The number of unbranched alkanes of at least 4 members (excludes halogenated alkanes) is 1. The van der Waals surface area contributed by atoms with E-state index in [2.05, 4.69) is 25.9 Å². The van der Waals surface area contributed by atoms with Crippen LogP contribution in [-0.4, -0.2) is 16.9 Å². The molecule has 2 rings (SSSR count). The predicted octanol–water partition coefficient (Wildman–Crippen LogP) is 3.84. The third kappa shape index (κ3) is 2.65. The first kappa shape index (κ1) is 13.7. The van der Waals surface area contributed by atoms with Crippen molar-refractivity contribution in [2.75, 3.05) is 7.11 Å². The van der Waals surface area contributed by atoms with E-state index in [0.717, 1.165) is 23.6 Å². The molecule has 3 heteroatoms. The Labute approximate surface area is 115 Å². The van der Waals surface area contributed by atoms with E-state index >= 15 is 0 Å². The van der Waals surface area contributed by atoms with Gasteiger partial charge in [-0.3, -0.25) is 0 Å². The van der Waals surface area contributed by atoms with Crippen molar-refractivity contribution >= 4 is 0 Å². The van der Waals surface area contributed by atoms with Gasteiger partial charge in [0.25, 0.3) is 0 Å². The lowest BCUT2D eigenvalue weighted by molar-refractivity contribution is 0.411. The summed E-state index contributed by atoms with van der Waals surface area (Å²) in [5.74, 6) is 0.857. The number of benzene rings is 1. The monoisotopic (exact) mass is 258 g/mol. The molecule has 1 heterocycles. The fourth-order valence-electron chi connectivity index (χ4n) is 2.43. The molecule has 0 aliphatic heterocycles. The van der Waals surface area contributed by atoms with Gasteiger partial charge in [-0.25, -0.2) is 4.68 Å². The molecule has 102 valence electrons. The fraction of sp³-hybridized carbons (Fsp3) is 0.438. The van der Waals surface area contributed by atoms with Gasteiger partial charge in [0, 0.05) is 5.69 Å². The molecule has 0 aliphatic rings. The number of ether oxygens (including phenoxy) is 1. The van der Waals surface area contributed by atoms with E-state index in [-0.39, 0.29) is 0 Å². The van der Waals surface area contributed by atoms with Crippen LogP contribution >= 0.6 is 0 Å². The Balaban J connectivity index is 2.45. The molecule has 0 unspecified atom stereocenters. The lowest BCUT2D eigenvalue weighted by atomic mass is 10.1. The number of aryl methyl sites for hydroxylation is 1. The van der Waals surface area contributed by atoms with E-state index in [9.17, 15) is 0 Å². The van der Waals surface area contributed by atoms with Gasteiger partial charge < -0.3 is 4.74 Å². The minimum absolute atomic E-state index is 0.857. The normalized spacial score (nSPS) is 10.7. The summed E-state index contributed by atoms with van der Waals surface area (Å²) in [7, 11) is 1.70. The summed E-state index contributed by atoms with van der Waals surface area (Å²) < 4.78 is 7.42. The Morgan fingerprint density at radius 1 is 1.21 bits per heavy atom. The van der Waals surface area contributed by atoms with Crippen LogP contribution in [0.25, 0.3) is 5.69 Å². The Kier molecular flexibility index (Phi) is 4.25. The molecule has 0 N–H and O–H groups in total. The van der Waals surface area contributed by atoms with E-state index in [1.54, 1.807) is 7.11 Å². The van der Waals surface area contributed by atoms with Crippen molar-refractivity contribution in [3.8, 4) is 11.4 Å². The molecule has 0 atom stereocenters. The van der Waals surface area contributed by atoms with Crippen LogP contribution < -0.4 is 4.74 Å². The van der Waals surface area contributed by atoms with Crippen LogP contribution in [0.4, 0.5) is 0 Å². The third-order valence-electron chi connectivity index (χ3n) is 3.53. The molecule has 0 aliphatic carbocycles. The lowest BCUT2D eigenvalue weighted by Gasteiger charge is -2.10. The molecule has 0 amide bonds. The molecule has 1 aromatic heterocycles. The van der Waals surface area contributed by atoms with Crippen LogP contribution in [-0.2, 0) is 6.42 Å². The maximum Gasteiger partial charge on any atom is 0.144 e. The number of para-hydroxylation sites is 2. The van der Waals surface area contributed by atoms with Crippen LogP contribution in [0.1, 0.15) is 36.7 Å². The van der Waals surface area contributed by atoms with Gasteiger partial charge in [0.2, 0.25) is 0 Å². The number of hydrogen-bond acceptors (Lipinski definition) is 2. The number of nitrogens with zero attached hydrogens (tertiary/aromatic N) is 2. The zero-order chi connectivity index (χ0) is 13.8. The molecule has 0 fully saturated rings. The molecule has 0 saturated carbocycles. The Morgan fingerprint density at radius 2 is 1.95 bits per heavy atom. The van der Waals surface area contributed by atoms with Crippen molar-refractivity contribution in [3.63, 3.8) is 0 Å². The number of aromatic nitrogens is 2. The molecule has 0 spiro atoms. The van der Waals surface area contributed by atoms with Gasteiger partial charge in [0.15, 0.2) is 0 Å². The first-order chi connectivity index (χ1) is 9.19. The minimum Gasteiger partial charge on any atom is -0.494 e. The second kappa shape index (κ2) is 5.91. The van der Waals surface area contributed by atoms with Crippen LogP contribution in [0.2, 0.25) is 0 Å². The molecule has 1 aromatic carbocycles. The van der Waals surface area contributed by atoms with Gasteiger partial charge in [-0.1, -0.05) is 25.5 Å². The number of rotatable bonds is 5. The van der Waals surface area contributed by atoms with Gasteiger partial charge >= 0.3 is 0 Å². The minimum atomic E-state index is 0.857. The average molecular weight is 258 g/mol. The van der Waals surface area contributed by atoms with Crippen molar-refractivity contribution < 1.29 is 4.74 Å². The van der Waals surface area contributed by atoms with Gasteiger partial charge in [0.05, 0.1) is 12.8 Å². The smallest absolute Gasteiger partial charge is 0.144 e. The third-order valence-corrected chi connectivity index (χ3v) is 3.53. The Bertz CT molecular complexity index is 558. The van der Waals surface area contributed by atoms with E-state index in [1.165, 1.54) is 24.1 Å². The van der Waals surface area contributed by atoms with Gasteiger partial charge in [-0.05, 0) is 44.4 Å². The van der Waals surface area contributed by atoms with E-state index in [1.807, 2.05) is 28.9 Å². The average Bonchev–Trinajstić information content (AvgIpc) is 2.71. The summed E-state index contributed by atoms with van der Waals surface area (Å²) in [4.78, 5) is 0. The standard InChI is InChI=1S/C16H22N2O/c1-5-6-9-14-12(2)17-18(13(14)3)15-10-7-8-11-16(15)19-4/h7-8,10-11H,5-6,9H2,1-4H3. The predicted molar refractivity (Wildman–Crippen MR) is 78.2 cm³/mol. The quantitative estimate of drug-likeness (QED) is 0.814. The summed E-state index contributed by atoms with van der Waals surface area (Å²) in [6.45, 7) is 6.44. The largest absolute Gasteiger partial charge is 0.494 e. The van der Waals surface area contributed by atoms with Crippen LogP contribution in [0.5, 0.6) is 5.75 Å². The molecular formula is C16H22N2O. The second-order valence-corrected chi connectivity index (χ2v) is 4.84. The summed E-state index contributed by atoms with van der Waals surface area (Å²) >= 11 is 0. The highest BCUT2D eigenvalue weighted by Gasteiger charge is 2.14. The van der Waals surface area contributed by atoms with Gasteiger partial charge in [0.1, 0.15) is 11.4 Å². The molecule has 2 aromatic rings. The van der Waals surface area contributed by atoms with Crippen molar-refractivity contribution in [2.24, 2.45) is 0 Å². The highest BCUT2D eigenvalue weighted by Crippen LogP contribution is 2.26. The van der Waals surface area contributed by atoms with E-state index in [0.29, 0.717) is 0 Å². The maximum atomic E-state index is 5.42. The summed E-state index contributed by atoms with van der Waals surface area (Å²) in [6.07, 6.45) is 3.52. The molecule has 19 heavy (non-hydrogen) atoms. The van der Waals surface area contributed by atoms with E-state index < -0.39 is 0 Å². The van der Waals surface area contributed by atoms with Crippen molar-refractivity contribution in [1.29, 1.82) is 0 Å². The lowest BCUT2D eigenvalue weighted by Crippen LogP contribution is -2.02. The second-order valence-electron chi connectivity index (χ2n) is 4.84. The molecular weight excluding hydrogens is 236 g/mol. The zero-order valence-electron chi connectivity index (χ0n) is 12.2. The topological polar surface area (TPSA) is 27.1 Å². The molecule has 0 saturated heterocycles. The highest BCUT2D eigenvalue weighted by molar-refractivity contribution is 5.48. The maximum absolute atomic E-state index is 5.42. The zero-order valence-corrected chi connectivity index (χ0v) is 12.2. The molecule has 0 radical (unpaired) electrons. The van der Waals surface area contributed by atoms with Gasteiger partial charge in [-0.2, -0.15) is 5.10 Å². The molecule has 0 bridgehead atoms. The van der Waals surface area contributed by atoms with Crippen molar-refractivity contribution in [2.45, 2.75) is 40.0 Å². The van der Waals surface area contributed by atoms with Crippen molar-refractivity contribution in [3.05, 3.63) is 41.2 Å². The van der Waals surface area contributed by atoms with Crippen LogP contribution in [0.15, 0.2) is 24.3 Å². The molecule has 3 nitrogen and oxygen atoms in total. The number of hydrogen-bond donors (Lipinski definition) is 0. The van der Waals surface area contributed by atoms with Gasteiger partial charge in [-0.15, -0.1) is 0 Å². The van der Waals surface area contributed by atoms with Crippen LogP contribution in [0, 0.1) is 13.8 Å². The summed E-state index contributed by atoms with van der Waals surface area (Å²) in [5, 5.41) is 4.68. The summed E-state index contributed by atoms with van der Waals surface area (Å²) in [6, 6.07) is 8.01. The Hall–Kier alpha value is -1.77. The SMILES string of the molecule is CCCCc1c(C)nn(-c2ccccc2OC)c1C.